The molecule has 1 heterocycles. The fourth-order valence-corrected chi connectivity index (χ4v) is 3.21. The van der Waals surface area contributed by atoms with E-state index in [1.807, 2.05) is 35.0 Å². The highest BCUT2D eigenvalue weighted by molar-refractivity contribution is 7.08. The van der Waals surface area contributed by atoms with Gasteiger partial charge in [0, 0.05) is 10.9 Å². The van der Waals surface area contributed by atoms with Gasteiger partial charge in [0.25, 0.3) is 5.91 Å². The second kappa shape index (κ2) is 4.79. The molecule has 1 aromatic heterocycles. The van der Waals surface area contributed by atoms with Crippen molar-refractivity contribution in [2.45, 2.75) is 18.4 Å². The normalized spacial score (nSPS) is 21.1. The van der Waals surface area contributed by atoms with E-state index < -0.39 is 5.60 Å². The molecule has 2 N–H and O–H groups in total. The molecule has 0 bridgehead atoms. The van der Waals surface area contributed by atoms with Crippen molar-refractivity contribution >= 4 is 17.2 Å². The van der Waals surface area contributed by atoms with Crippen LogP contribution in [0.2, 0.25) is 0 Å². The Morgan fingerprint density at radius 1 is 1.37 bits per heavy atom. The summed E-state index contributed by atoms with van der Waals surface area (Å²) in [6.07, 6.45) is 1.53. The maximum Gasteiger partial charge on any atom is 0.252 e. The number of rotatable bonds is 3. The minimum atomic E-state index is -0.928. The van der Waals surface area contributed by atoms with Crippen molar-refractivity contribution in [1.29, 1.82) is 0 Å². The van der Waals surface area contributed by atoms with Crippen molar-refractivity contribution in [3.63, 3.8) is 0 Å². The van der Waals surface area contributed by atoms with Crippen molar-refractivity contribution < 1.29 is 9.90 Å². The van der Waals surface area contributed by atoms with Crippen LogP contribution in [0.25, 0.3) is 0 Å². The molecule has 2 aromatic rings. The lowest BCUT2D eigenvalue weighted by atomic mass is 9.96. The Hall–Kier alpha value is -1.65. The number of thiophene rings is 1. The highest BCUT2D eigenvalue weighted by Crippen LogP contribution is 2.36. The highest BCUT2D eigenvalue weighted by Gasteiger charge is 2.36. The lowest BCUT2D eigenvalue weighted by molar-refractivity contribution is 0.0370. The van der Waals surface area contributed by atoms with Gasteiger partial charge in [-0.05, 0) is 35.4 Å². The molecule has 0 fully saturated rings. The first-order chi connectivity index (χ1) is 9.19. The van der Waals surface area contributed by atoms with E-state index in [0.717, 1.165) is 12.0 Å². The summed E-state index contributed by atoms with van der Waals surface area (Å²) in [5.41, 5.74) is 1.85. The molecule has 19 heavy (non-hydrogen) atoms. The van der Waals surface area contributed by atoms with Crippen LogP contribution in [0.15, 0.2) is 41.1 Å². The van der Waals surface area contributed by atoms with Crippen LogP contribution in [0.4, 0.5) is 0 Å². The van der Waals surface area contributed by atoms with Crippen LogP contribution < -0.4 is 5.32 Å². The van der Waals surface area contributed by atoms with Crippen LogP contribution in [0, 0.1) is 0 Å². The predicted molar refractivity (Wildman–Crippen MR) is 75.3 cm³/mol. The number of aliphatic hydroxyl groups is 1. The zero-order valence-electron chi connectivity index (χ0n) is 10.4. The van der Waals surface area contributed by atoms with Crippen LogP contribution in [0.3, 0.4) is 0 Å². The van der Waals surface area contributed by atoms with Crippen LogP contribution >= 0.6 is 11.3 Å². The Labute approximate surface area is 115 Å². The maximum atomic E-state index is 11.9. The minimum absolute atomic E-state index is 0.126. The van der Waals surface area contributed by atoms with Crippen LogP contribution in [-0.2, 0) is 12.0 Å². The van der Waals surface area contributed by atoms with E-state index in [0.29, 0.717) is 12.0 Å². The molecular formula is C15H15NO2S. The van der Waals surface area contributed by atoms with Gasteiger partial charge in [-0.25, -0.2) is 0 Å². The summed E-state index contributed by atoms with van der Waals surface area (Å²) >= 11 is 1.49. The quantitative estimate of drug-likeness (QED) is 0.901. The molecule has 0 aliphatic heterocycles. The third-order valence-electron chi connectivity index (χ3n) is 3.65. The Morgan fingerprint density at radius 3 is 3.00 bits per heavy atom. The molecule has 1 amide bonds. The SMILES string of the molecule is O=C(NCC1(O)CCc2ccccc21)c1ccsc1. The van der Waals surface area contributed by atoms with Crippen molar-refractivity contribution in [1.82, 2.24) is 5.32 Å². The van der Waals surface area contributed by atoms with Gasteiger partial charge < -0.3 is 10.4 Å². The number of aryl methyl sites for hydroxylation is 1. The van der Waals surface area contributed by atoms with Gasteiger partial charge in [0.05, 0.1) is 6.54 Å². The molecule has 1 aromatic carbocycles. The smallest absolute Gasteiger partial charge is 0.252 e. The number of benzene rings is 1. The fourth-order valence-electron chi connectivity index (χ4n) is 2.57. The van der Waals surface area contributed by atoms with E-state index in [1.54, 1.807) is 6.07 Å². The van der Waals surface area contributed by atoms with Crippen molar-refractivity contribution in [2.75, 3.05) is 6.54 Å². The van der Waals surface area contributed by atoms with E-state index in [2.05, 4.69) is 5.32 Å². The Balaban J connectivity index is 1.72. The van der Waals surface area contributed by atoms with E-state index in [-0.39, 0.29) is 12.5 Å². The molecule has 1 atom stereocenters. The van der Waals surface area contributed by atoms with Crippen LogP contribution in [0.1, 0.15) is 27.9 Å². The first-order valence-electron chi connectivity index (χ1n) is 6.30. The second-order valence-corrected chi connectivity index (χ2v) is 5.66. The Kier molecular flexibility index (Phi) is 3.12. The molecule has 0 radical (unpaired) electrons. The van der Waals surface area contributed by atoms with Crippen molar-refractivity contribution in [2.24, 2.45) is 0 Å². The molecule has 1 aliphatic rings. The molecule has 0 saturated heterocycles. The standard InChI is InChI=1S/C15H15NO2S/c17-14(12-6-8-19-9-12)16-10-15(18)7-5-11-3-1-2-4-13(11)15/h1-4,6,8-9,18H,5,7,10H2,(H,16,17). The topological polar surface area (TPSA) is 49.3 Å². The summed E-state index contributed by atoms with van der Waals surface area (Å²) in [7, 11) is 0. The average molecular weight is 273 g/mol. The summed E-state index contributed by atoms with van der Waals surface area (Å²) in [5, 5.41) is 17.2. The molecule has 3 rings (SSSR count). The molecule has 98 valence electrons. The molecular weight excluding hydrogens is 258 g/mol. The van der Waals surface area contributed by atoms with Gasteiger partial charge in [-0.3, -0.25) is 4.79 Å². The van der Waals surface area contributed by atoms with E-state index in [1.165, 1.54) is 16.9 Å². The van der Waals surface area contributed by atoms with Crippen molar-refractivity contribution in [3.05, 3.63) is 57.8 Å². The number of hydrogen-bond donors (Lipinski definition) is 2. The Morgan fingerprint density at radius 2 is 2.21 bits per heavy atom. The lowest BCUT2D eigenvalue weighted by Crippen LogP contribution is -2.39. The van der Waals surface area contributed by atoms with Crippen LogP contribution in [0.5, 0.6) is 0 Å². The third kappa shape index (κ3) is 2.29. The number of fused-ring (bicyclic) bond motifs is 1. The van der Waals surface area contributed by atoms with Gasteiger partial charge in [0.2, 0.25) is 0 Å². The fraction of sp³-hybridized carbons (Fsp3) is 0.267. The highest BCUT2D eigenvalue weighted by atomic mass is 32.1. The van der Waals surface area contributed by atoms with Crippen LogP contribution in [-0.4, -0.2) is 17.6 Å². The number of carbonyl (C=O) groups excluding carboxylic acids is 1. The van der Waals surface area contributed by atoms with E-state index in [4.69, 9.17) is 0 Å². The summed E-state index contributed by atoms with van der Waals surface area (Å²) in [6.45, 7) is 0.263. The summed E-state index contributed by atoms with van der Waals surface area (Å²) < 4.78 is 0. The van der Waals surface area contributed by atoms with Gasteiger partial charge in [0.15, 0.2) is 0 Å². The monoisotopic (exact) mass is 273 g/mol. The number of amides is 1. The molecule has 3 nitrogen and oxygen atoms in total. The number of nitrogens with one attached hydrogen (secondary N) is 1. The molecule has 4 heteroatoms. The predicted octanol–water partition coefficient (Wildman–Crippen LogP) is 2.31. The van der Waals surface area contributed by atoms with E-state index in [9.17, 15) is 9.90 Å². The van der Waals surface area contributed by atoms with Gasteiger partial charge in [-0.15, -0.1) is 0 Å². The first kappa shape index (κ1) is 12.4. The first-order valence-corrected chi connectivity index (χ1v) is 7.24. The zero-order chi connectivity index (χ0) is 13.3. The molecule has 0 saturated carbocycles. The zero-order valence-corrected chi connectivity index (χ0v) is 11.2. The van der Waals surface area contributed by atoms with E-state index >= 15 is 0 Å². The summed E-state index contributed by atoms with van der Waals surface area (Å²) in [4.78, 5) is 11.9. The molecule has 1 unspecified atom stereocenters. The number of carbonyl (C=O) groups is 1. The second-order valence-electron chi connectivity index (χ2n) is 4.88. The van der Waals surface area contributed by atoms with Gasteiger partial charge >= 0.3 is 0 Å². The molecule has 1 aliphatic carbocycles. The minimum Gasteiger partial charge on any atom is -0.383 e. The van der Waals surface area contributed by atoms with Crippen molar-refractivity contribution in [3.8, 4) is 0 Å². The lowest BCUT2D eigenvalue weighted by Gasteiger charge is -2.24. The largest absolute Gasteiger partial charge is 0.383 e. The summed E-state index contributed by atoms with van der Waals surface area (Å²) in [6, 6.07) is 9.67. The maximum absolute atomic E-state index is 11.9. The van der Waals surface area contributed by atoms with Gasteiger partial charge in [0.1, 0.15) is 5.60 Å². The third-order valence-corrected chi connectivity index (χ3v) is 4.33. The average Bonchev–Trinajstić information content (AvgIpc) is 3.06. The van der Waals surface area contributed by atoms with Gasteiger partial charge in [-0.2, -0.15) is 11.3 Å². The number of hydrogen-bond acceptors (Lipinski definition) is 3. The van der Waals surface area contributed by atoms with Gasteiger partial charge in [-0.1, -0.05) is 24.3 Å². The molecule has 0 spiro atoms. The summed E-state index contributed by atoms with van der Waals surface area (Å²) in [5.74, 6) is -0.126. The Bertz CT molecular complexity index is 594.